The smallest absolute Gasteiger partial charge is 0.140 e. The van der Waals surface area contributed by atoms with Crippen molar-refractivity contribution in [2.45, 2.75) is 38.6 Å². The quantitative estimate of drug-likeness (QED) is 0.861. The molecular formula is C16H23N3O. The fraction of sp³-hybridized carbons (Fsp3) is 0.562. The first-order chi connectivity index (χ1) is 9.67. The monoisotopic (exact) mass is 273 g/mol. The van der Waals surface area contributed by atoms with Gasteiger partial charge in [0.25, 0.3) is 0 Å². The highest BCUT2D eigenvalue weighted by Gasteiger charge is 2.24. The number of imidazole rings is 1. The van der Waals surface area contributed by atoms with Crippen LogP contribution >= 0.6 is 0 Å². The number of fused-ring (bicyclic) bond motifs is 1. The summed E-state index contributed by atoms with van der Waals surface area (Å²) >= 11 is 0. The first kappa shape index (κ1) is 13.4. The van der Waals surface area contributed by atoms with E-state index >= 15 is 0 Å². The summed E-state index contributed by atoms with van der Waals surface area (Å²) in [5, 5.41) is 0. The van der Waals surface area contributed by atoms with E-state index in [4.69, 9.17) is 9.72 Å². The van der Waals surface area contributed by atoms with Gasteiger partial charge in [0.1, 0.15) is 11.4 Å². The molecule has 2 aromatic rings. The number of aromatic nitrogens is 2. The van der Waals surface area contributed by atoms with Gasteiger partial charge in [-0.05, 0) is 39.3 Å². The van der Waals surface area contributed by atoms with Crippen LogP contribution in [0.25, 0.3) is 5.65 Å². The van der Waals surface area contributed by atoms with Crippen LogP contribution in [-0.4, -0.2) is 40.5 Å². The van der Waals surface area contributed by atoms with Crippen LogP contribution in [-0.2, 0) is 0 Å². The van der Waals surface area contributed by atoms with Gasteiger partial charge in [-0.3, -0.25) is 0 Å². The molecule has 1 saturated heterocycles. The number of methoxy groups -OCH3 is 1. The topological polar surface area (TPSA) is 29.8 Å². The molecule has 0 N–H and O–H groups in total. The van der Waals surface area contributed by atoms with Gasteiger partial charge in [0.15, 0.2) is 0 Å². The van der Waals surface area contributed by atoms with Crippen molar-refractivity contribution in [2.75, 3.05) is 20.2 Å². The van der Waals surface area contributed by atoms with Crippen LogP contribution in [0.3, 0.4) is 0 Å². The molecule has 0 aliphatic carbocycles. The average molecular weight is 273 g/mol. The highest BCUT2D eigenvalue weighted by molar-refractivity contribution is 5.46. The van der Waals surface area contributed by atoms with Gasteiger partial charge >= 0.3 is 0 Å². The second-order valence-electron chi connectivity index (χ2n) is 5.93. The van der Waals surface area contributed by atoms with Crippen molar-refractivity contribution < 1.29 is 4.74 Å². The van der Waals surface area contributed by atoms with Crippen LogP contribution in [0.4, 0.5) is 0 Å². The molecule has 0 amide bonds. The Morgan fingerprint density at radius 3 is 3.00 bits per heavy atom. The van der Waals surface area contributed by atoms with E-state index in [1.165, 1.54) is 25.1 Å². The summed E-state index contributed by atoms with van der Waals surface area (Å²) in [6, 6.07) is 4.58. The Morgan fingerprint density at radius 1 is 1.40 bits per heavy atom. The summed E-state index contributed by atoms with van der Waals surface area (Å²) in [7, 11) is 1.69. The molecule has 0 spiro atoms. The second-order valence-corrected chi connectivity index (χ2v) is 5.93. The highest BCUT2D eigenvalue weighted by Crippen LogP contribution is 2.28. The number of hydrogen-bond acceptors (Lipinski definition) is 3. The minimum absolute atomic E-state index is 0.553. The fourth-order valence-electron chi connectivity index (χ4n) is 3.02. The number of nitrogens with zero attached hydrogens (tertiary/aromatic N) is 3. The van der Waals surface area contributed by atoms with E-state index in [1.54, 1.807) is 7.11 Å². The van der Waals surface area contributed by atoms with E-state index in [9.17, 15) is 0 Å². The molecule has 108 valence electrons. The van der Waals surface area contributed by atoms with Crippen LogP contribution in [0, 0.1) is 0 Å². The van der Waals surface area contributed by atoms with E-state index in [0.29, 0.717) is 12.0 Å². The van der Waals surface area contributed by atoms with Gasteiger partial charge in [-0.2, -0.15) is 0 Å². The van der Waals surface area contributed by atoms with Crippen LogP contribution in [0.15, 0.2) is 24.5 Å². The molecule has 0 bridgehead atoms. The molecule has 0 aromatic carbocycles. The lowest BCUT2D eigenvalue weighted by Crippen LogP contribution is -2.39. The molecule has 1 unspecified atom stereocenters. The zero-order valence-corrected chi connectivity index (χ0v) is 12.5. The normalized spacial score (nSPS) is 20.7. The van der Waals surface area contributed by atoms with Crippen molar-refractivity contribution in [3.05, 3.63) is 30.2 Å². The SMILES string of the molecule is COc1ccn2cc(C3CCCN(C(C)C)C3)nc2c1. The third-order valence-corrected chi connectivity index (χ3v) is 4.29. The van der Waals surface area contributed by atoms with E-state index in [0.717, 1.165) is 17.9 Å². The maximum absolute atomic E-state index is 5.26. The summed E-state index contributed by atoms with van der Waals surface area (Å²) in [5.74, 6) is 1.42. The third kappa shape index (κ3) is 2.52. The first-order valence-electron chi connectivity index (χ1n) is 7.44. The summed E-state index contributed by atoms with van der Waals surface area (Å²) in [6.45, 7) is 6.89. The molecule has 1 atom stereocenters. The minimum Gasteiger partial charge on any atom is -0.497 e. The number of pyridine rings is 1. The molecule has 3 heterocycles. The predicted octanol–water partition coefficient (Wildman–Crippen LogP) is 2.93. The summed E-state index contributed by atoms with van der Waals surface area (Å²) < 4.78 is 7.35. The molecule has 1 fully saturated rings. The van der Waals surface area contributed by atoms with Gasteiger partial charge in [0, 0.05) is 37.0 Å². The Bertz CT molecular complexity index is 590. The zero-order chi connectivity index (χ0) is 14.1. The maximum atomic E-state index is 5.26. The number of ether oxygens (including phenoxy) is 1. The summed E-state index contributed by atoms with van der Waals surface area (Å²) in [5.41, 5.74) is 2.18. The van der Waals surface area contributed by atoms with Crippen molar-refractivity contribution in [2.24, 2.45) is 0 Å². The Morgan fingerprint density at radius 2 is 2.25 bits per heavy atom. The van der Waals surface area contributed by atoms with Crippen LogP contribution in [0.1, 0.15) is 38.3 Å². The number of hydrogen-bond donors (Lipinski definition) is 0. The molecule has 20 heavy (non-hydrogen) atoms. The van der Waals surface area contributed by atoms with Gasteiger partial charge in [0.2, 0.25) is 0 Å². The lowest BCUT2D eigenvalue weighted by molar-refractivity contribution is 0.166. The molecule has 2 aromatic heterocycles. The van der Waals surface area contributed by atoms with Crippen molar-refractivity contribution in [1.29, 1.82) is 0 Å². The van der Waals surface area contributed by atoms with Gasteiger partial charge in [-0.1, -0.05) is 0 Å². The number of piperidine rings is 1. The van der Waals surface area contributed by atoms with Crippen molar-refractivity contribution in [3.8, 4) is 5.75 Å². The standard InChI is InChI=1S/C16H23N3O/c1-12(2)18-7-4-5-13(10-18)15-11-19-8-6-14(20-3)9-16(19)17-15/h6,8-9,11-13H,4-5,7,10H2,1-3H3. The van der Waals surface area contributed by atoms with Crippen molar-refractivity contribution in [3.63, 3.8) is 0 Å². The highest BCUT2D eigenvalue weighted by atomic mass is 16.5. The first-order valence-corrected chi connectivity index (χ1v) is 7.44. The molecule has 1 aliphatic heterocycles. The fourth-order valence-corrected chi connectivity index (χ4v) is 3.02. The van der Waals surface area contributed by atoms with E-state index in [-0.39, 0.29) is 0 Å². The van der Waals surface area contributed by atoms with Crippen LogP contribution in [0.2, 0.25) is 0 Å². The van der Waals surface area contributed by atoms with E-state index in [1.807, 2.05) is 18.3 Å². The van der Waals surface area contributed by atoms with E-state index < -0.39 is 0 Å². The average Bonchev–Trinajstić information content (AvgIpc) is 2.90. The van der Waals surface area contributed by atoms with Gasteiger partial charge in [-0.15, -0.1) is 0 Å². The third-order valence-electron chi connectivity index (χ3n) is 4.29. The molecule has 0 radical (unpaired) electrons. The summed E-state index contributed by atoms with van der Waals surface area (Å²) in [4.78, 5) is 7.35. The Kier molecular flexibility index (Phi) is 3.66. The van der Waals surface area contributed by atoms with E-state index in [2.05, 4.69) is 29.3 Å². The molecule has 4 nitrogen and oxygen atoms in total. The Hall–Kier alpha value is -1.55. The Labute approximate surface area is 120 Å². The lowest BCUT2D eigenvalue weighted by atomic mass is 9.94. The summed E-state index contributed by atoms with van der Waals surface area (Å²) in [6.07, 6.45) is 6.70. The molecule has 3 rings (SSSR count). The largest absolute Gasteiger partial charge is 0.497 e. The minimum atomic E-state index is 0.553. The van der Waals surface area contributed by atoms with Gasteiger partial charge < -0.3 is 14.0 Å². The lowest BCUT2D eigenvalue weighted by Gasteiger charge is -2.34. The van der Waals surface area contributed by atoms with Crippen molar-refractivity contribution in [1.82, 2.24) is 14.3 Å². The Balaban J connectivity index is 1.86. The predicted molar refractivity (Wildman–Crippen MR) is 80.4 cm³/mol. The molecule has 1 aliphatic rings. The maximum Gasteiger partial charge on any atom is 0.140 e. The molecular weight excluding hydrogens is 250 g/mol. The zero-order valence-electron chi connectivity index (χ0n) is 12.5. The number of rotatable bonds is 3. The van der Waals surface area contributed by atoms with Crippen LogP contribution < -0.4 is 4.74 Å². The van der Waals surface area contributed by atoms with Crippen LogP contribution in [0.5, 0.6) is 5.75 Å². The van der Waals surface area contributed by atoms with Gasteiger partial charge in [-0.25, -0.2) is 4.98 Å². The molecule has 4 heteroatoms. The molecule has 0 saturated carbocycles. The number of likely N-dealkylation sites (tertiary alicyclic amines) is 1. The second kappa shape index (κ2) is 5.44. The van der Waals surface area contributed by atoms with Gasteiger partial charge in [0.05, 0.1) is 12.8 Å². The van der Waals surface area contributed by atoms with Crippen molar-refractivity contribution >= 4 is 5.65 Å².